The zero-order valence-corrected chi connectivity index (χ0v) is 11.6. The Hall–Kier alpha value is -0.520. The summed E-state index contributed by atoms with van der Waals surface area (Å²) in [6, 6.07) is 4.19. The molecule has 3 heteroatoms. The summed E-state index contributed by atoms with van der Waals surface area (Å²) in [7, 11) is 0. The summed E-state index contributed by atoms with van der Waals surface area (Å²) < 4.78 is 0.955. The predicted octanol–water partition coefficient (Wildman–Crippen LogP) is 4.52. The molecule has 0 bridgehead atoms. The van der Waals surface area contributed by atoms with E-state index in [0.717, 1.165) is 21.2 Å². The third-order valence-electron chi connectivity index (χ3n) is 2.62. The van der Waals surface area contributed by atoms with E-state index < -0.39 is 5.41 Å². The molecular formula is C12H13BrClN. The molecule has 0 spiro atoms. The van der Waals surface area contributed by atoms with Crippen molar-refractivity contribution in [3.05, 3.63) is 32.3 Å². The Morgan fingerprint density at radius 3 is 2.33 bits per heavy atom. The van der Waals surface area contributed by atoms with E-state index in [-0.39, 0.29) is 0 Å². The van der Waals surface area contributed by atoms with Crippen LogP contribution in [-0.2, 0) is 5.41 Å². The Morgan fingerprint density at radius 2 is 1.87 bits per heavy atom. The summed E-state index contributed by atoms with van der Waals surface area (Å²) in [5.41, 5.74) is 2.58. The molecule has 0 aliphatic heterocycles. The molecular weight excluding hydrogens is 273 g/mol. The lowest BCUT2D eigenvalue weighted by atomic mass is 9.81. The van der Waals surface area contributed by atoms with Crippen molar-refractivity contribution in [1.82, 2.24) is 0 Å². The van der Waals surface area contributed by atoms with Gasteiger partial charge in [0.15, 0.2) is 0 Å². The van der Waals surface area contributed by atoms with Crippen LogP contribution in [0.1, 0.15) is 30.5 Å². The molecule has 0 aliphatic rings. The molecule has 0 heterocycles. The van der Waals surface area contributed by atoms with Crippen molar-refractivity contribution in [2.45, 2.75) is 33.1 Å². The highest BCUT2D eigenvalue weighted by Crippen LogP contribution is 2.36. The monoisotopic (exact) mass is 285 g/mol. The maximum absolute atomic E-state index is 9.17. The van der Waals surface area contributed by atoms with Gasteiger partial charge in [0.1, 0.15) is 0 Å². The molecule has 0 saturated carbocycles. The van der Waals surface area contributed by atoms with Crippen LogP contribution in [0.4, 0.5) is 0 Å². The Morgan fingerprint density at radius 1 is 1.33 bits per heavy atom. The number of nitrogens with zero attached hydrogens (tertiary/aromatic N) is 1. The van der Waals surface area contributed by atoms with Crippen LogP contribution in [0.2, 0.25) is 5.02 Å². The summed E-state index contributed by atoms with van der Waals surface area (Å²) in [6.45, 7) is 7.77. The SMILES string of the molecule is Cc1c(Cl)cc(Br)c(C)c1C(C)(C)C#N. The summed E-state index contributed by atoms with van der Waals surface area (Å²) >= 11 is 9.57. The molecule has 1 aromatic carbocycles. The highest BCUT2D eigenvalue weighted by molar-refractivity contribution is 9.10. The Balaban J connectivity index is 3.62. The van der Waals surface area contributed by atoms with Gasteiger partial charge >= 0.3 is 0 Å². The average molecular weight is 287 g/mol. The van der Waals surface area contributed by atoms with Crippen molar-refractivity contribution in [3.63, 3.8) is 0 Å². The minimum Gasteiger partial charge on any atom is -0.197 e. The molecule has 15 heavy (non-hydrogen) atoms. The number of hydrogen-bond acceptors (Lipinski definition) is 1. The van der Waals surface area contributed by atoms with Gasteiger partial charge in [0.25, 0.3) is 0 Å². The zero-order valence-electron chi connectivity index (χ0n) is 9.28. The van der Waals surface area contributed by atoms with Gasteiger partial charge < -0.3 is 0 Å². The maximum Gasteiger partial charge on any atom is 0.0772 e. The Bertz CT molecular complexity index is 418. The van der Waals surface area contributed by atoms with Gasteiger partial charge in [-0.05, 0) is 50.5 Å². The lowest BCUT2D eigenvalue weighted by Gasteiger charge is -2.23. The first-order valence-corrected chi connectivity index (χ1v) is 5.85. The minimum atomic E-state index is -0.512. The van der Waals surface area contributed by atoms with Gasteiger partial charge in [-0.3, -0.25) is 0 Å². The molecule has 0 amide bonds. The van der Waals surface area contributed by atoms with Gasteiger partial charge in [0.2, 0.25) is 0 Å². The molecule has 0 aliphatic carbocycles. The molecule has 1 nitrogen and oxygen atoms in total. The van der Waals surface area contributed by atoms with Crippen LogP contribution in [0.15, 0.2) is 10.5 Å². The van der Waals surface area contributed by atoms with Crippen molar-refractivity contribution < 1.29 is 0 Å². The molecule has 80 valence electrons. The van der Waals surface area contributed by atoms with Crippen molar-refractivity contribution in [2.24, 2.45) is 0 Å². The summed E-state index contributed by atoms with van der Waals surface area (Å²) in [4.78, 5) is 0. The van der Waals surface area contributed by atoms with E-state index >= 15 is 0 Å². The smallest absolute Gasteiger partial charge is 0.0772 e. The number of benzene rings is 1. The molecule has 0 saturated heterocycles. The fourth-order valence-corrected chi connectivity index (χ4v) is 2.60. The molecule has 0 atom stereocenters. The fraction of sp³-hybridized carbons (Fsp3) is 0.417. The van der Waals surface area contributed by atoms with Crippen LogP contribution in [-0.4, -0.2) is 0 Å². The van der Waals surface area contributed by atoms with Gasteiger partial charge in [-0.2, -0.15) is 5.26 Å². The van der Waals surface area contributed by atoms with Crippen molar-refractivity contribution in [3.8, 4) is 6.07 Å². The van der Waals surface area contributed by atoms with Crippen LogP contribution in [0.3, 0.4) is 0 Å². The van der Waals surface area contributed by atoms with Gasteiger partial charge in [0, 0.05) is 9.50 Å². The average Bonchev–Trinajstić information content (AvgIpc) is 2.15. The number of nitriles is 1. The molecule has 0 unspecified atom stereocenters. The summed E-state index contributed by atoms with van der Waals surface area (Å²) in [5, 5.41) is 9.87. The lowest BCUT2D eigenvalue weighted by Crippen LogP contribution is -2.18. The normalized spacial score (nSPS) is 11.3. The quantitative estimate of drug-likeness (QED) is 0.744. The van der Waals surface area contributed by atoms with E-state index in [9.17, 15) is 0 Å². The molecule has 0 radical (unpaired) electrons. The Kier molecular flexibility index (Phi) is 3.48. The highest BCUT2D eigenvalue weighted by Gasteiger charge is 2.26. The first-order valence-electron chi connectivity index (χ1n) is 4.68. The minimum absolute atomic E-state index is 0.512. The van der Waals surface area contributed by atoms with Gasteiger partial charge in [-0.25, -0.2) is 0 Å². The number of hydrogen-bond donors (Lipinski definition) is 0. The lowest BCUT2D eigenvalue weighted by molar-refractivity contribution is 0.675. The fourth-order valence-electron chi connectivity index (χ4n) is 1.84. The second-order valence-electron chi connectivity index (χ2n) is 4.20. The van der Waals surface area contributed by atoms with Gasteiger partial charge in [0.05, 0.1) is 11.5 Å². The second kappa shape index (κ2) is 4.15. The van der Waals surface area contributed by atoms with Crippen LogP contribution in [0.5, 0.6) is 0 Å². The van der Waals surface area contributed by atoms with Crippen molar-refractivity contribution in [2.75, 3.05) is 0 Å². The third kappa shape index (κ3) is 2.19. The van der Waals surface area contributed by atoms with Crippen LogP contribution in [0, 0.1) is 25.2 Å². The first-order chi connectivity index (χ1) is 6.81. The zero-order chi connectivity index (χ0) is 11.8. The maximum atomic E-state index is 9.17. The van der Waals surface area contributed by atoms with E-state index in [0.29, 0.717) is 5.02 Å². The Labute approximate surface area is 104 Å². The molecule has 1 aromatic rings. The van der Waals surface area contributed by atoms with Crippen LogP contribution in [0.25, 0.3) is 0 Å². The molecule has 0 fully saturated rings. The molecule has 0 N–H and O–H groups in total. The van der Waals surface area contributed by atoms with E-state index in [1.54, 1.807) is 0 Å². The standard InChI is InChI=1S/C12H13BrClN/c1-7-9(13)5-10(14)8(2)11(7)12(3,4)6-15/h5H,1-4H3. The van der Waals surface area contributed by atoms with E-state index in [1.807, 2.05) is 33.8 Å². The topological polar surface area (TPSA) is 23.8 Å². The summed E-state index contributed by atoms with van der Waals surface area (Å²) in [6.07, 6.45) is 0. The van der Waals surface area contributed by atoms with Crippen molar-refractivity contribution in [1.29, 1.82) is 5.26 Å². The predicted molar refractivity (Wildman–Crippen MR) is 67.3 cm³/mol. The molecule has 0 aromatic heterocycles. The second-order valence-corrected chi connectivity index (χ2v) is 5.46. The van der Waals surface area contributed by atoms with Gasteiger partial charge in [-0.1, -0.05) is 27.5 Å². The number of rotatable bonds is 1. The van der Waals surface area contributed by atoms with E-state index in [1.165, 1.54) is 0 Å². The van der Waals surface area contributed by atoms with Gasteiger partial charge in [-0.15, -0.1) is 0 Å². The van der Waals surface area contributed by atoms with Crippen molar-refractivity contribution >= 4 is 27.5 Å². The third-order valence-corrected chi connectivity index (χ3v) is 3.84. The first kappa shape index (κ1) is 12.5. The molecule has 1 rings (SSSR count). The van der Waals surface area contributed by atoms with Crippen LogP contribution >= 0.6 is 27.5 Å². The van der Waals surface area contributed by atoms with E-state index in [2.05, 4.69) is 22.0 Å². The highest BCUT2D eigenvalue weighted by atomic mass is 79.9. The number of halogens is 2. The van der Waals surface area contributed by atoms with Crippen LogP contribution < -0.4 is 0 Å². The van der Waals surface area contributed by atoms with E-state index in [4.69, 9.17) is 16.9 Å². The largest absolute Gasteiger partial charge is 0.197 e. The summed E-state index contributed by atoms with van der Waals surface area (Å²) in [5.74, 6) is 0.